The summed E-state index contributed by atoms with van der Waals surface area (Å²) in [5.74, 6) is -2.32. The average molecular weight is 349 g/mol. The first kappa shape index (κ1) is 16.5. The molecular weight excluding hydrogens is 334 g/mol. The number of fused-ring (bicyclic) bond motifs is 1. The Morgan fingerprint density at radius 1 is 1.29 bits per heavy atom. The number of nitrogens with zero attached hydrogens (tertiary/aromatic N) is 1. The Kier molecular flexibility index (Phi) is 4.59. The van der Waals surface area contributed by atoms with Crippen molar-refractivity contribution >= 4 is 29.4 Å². The van der Waals surface area contributed by atoms with Crippen LogP contribution < -0.4 is 4.74 Å². The zero-order chi connectivity index (χ0) is 17.3. The predicted molar refractivity (Wildman–Crippen MR) is 85.3 cm³/mol. The molecule has 0 bridgehead atoms. The van der Waals surface area contributed by atoms with E-state index in [-0.39, 0.29) is 29.4 Å². The lowest BCUT2D eigenvalue weighted by atomic mass is 9.91. The van der Waals surface area contributed by atoms with Gasteiger partial charge < -0.3 is 14.9 Å². The second kappa shape index (κ2) is 6.66. The summed E-state index contributed by atoms with van der Waals surface area (Å²) in [6, 6.07) is 8.77. The highest BCUT2D eigenvalue weighted by molar-refractivity contribution is 8.00. The van der Waals surface area contributed by atoms with Crippen molar-refractivity contribution in [1.29, 1.82) is 0 Å². The molecule has 2 N–H and O–H groups in total. The summed E-state index contributed by atoms with van der Waals surface area (Å²) in [7, 11) is 0. The number of thioether (sulfide) groups is 1. The molecule has 1 amide bonds. The second-order valence-corrected chi connectivity index (χ2v) is 6.48. The van der Waals surface area contributed by atoms with Crippen LogP contribution in [0.4, 0.5) is 0 Å². The van der Waals surface area contributed by atoms with Crippen molar-refractivity contribution in [3.8, 4) is 5.75 Å². The fourth-order valence-electron chi connectivity index (χ4n) is 2.73. The minimum Gasteiger partial charge on any atom is -0.486 e. The number of rotatable bonds is 6. The maximum Gasteiger partial charge on any atom is 0.352 e. The maximum atomic E-state index is 12.3. The third kappa shape index (κ3) is 2.78. The van der Waals surface area contributed by atoms with Gasteiger partial charge in [0.2, 0.25) is 5.91 Å². The van der Waals surface area contributed by atoms with Crippen LogP contribution in [0.1, 0.15) is 0 Å². The number of carbonyl (C=O) groups excluding carboxylic acids is 2. The third-order valence-corrected chi connectivity index (χ3v) is 5.25. The zero-order valence-electron chi connectivity index (χ0n) is 12.5. The normalized spacial score (nSPS) is 22.7. The molecule has 1 saturated heterocycles. The van der Waals surface area contributed by atoms with E-state index in [1.165, 1.54) is 11.8 Å². The fourth-order valence-corrected chi connectivity index (χ4v) is 4.15. The number of hydrogen-bond acceptors (Lipinski definition) is 6. The summed E-state index contributed by atoms with van der Waals surface area (Å²) in [4.78, 5) is 37.0. The molecule has 1 fully saturated rings. The quantitative estimate of drug-likeness (QED) is 0.569. The topological polar surface area (TPSA) is 104 Å². The Morgan fingerprint density at radius 2 is 2.00 bits per heavy atom. The molecular formula is C16H15NO6S. The van der Waals surface area contributed by atoms with Crippen LogP contribution in [0.25, 0.3) is 0 Å². The number of β-lactam (4-membered cyclic amide) rings is 1. The highest BCUT2D eigenvalue weighted by atomic mass is 32.2. The van der Waals surface area contributed by atoms with Gasteiger partial charge in [-0.3, -0.25) is 14.5 Å². The number of aliphatic hydroxyl groups excluding tert-OH is 1. The minimum absolute atomic E-state index is 0.209. The Morgan fingerprint density at radius 3 is 2.62 bits per heavy atom. The lowest BCUT2D eigenvalue weighted by molar-refractivity contribution is -0.157. The van der Waals surface area contributed by atoms with Crippen LogP contribution in [-0.4, -0.2) is 57.1 Å². The van der Waals surface area contributed by atoms with E-state index in [1.54, 1.807) is 24.3 Å². The molecule has 2 heterocycles. The first-order valence-electron chi connectivity index (χ1n) is 7.26. The van der Waals surface area contributed by atoms with E-state index >= 15 is 0 Å². The molecule has 2 aliphatic heterocycles. The van der Waals surface area contributed by atoms with Gasteiger partial charge in [0, 0.05) is 5.75 Å². The van der Waals surface area contributed by atoms with Crippen LogP contribution in [0.3, 0.4) is 0 Å². The molecule has 24 heavy (non-hydrogen) atoms. The van der Waals surface area contributed by atoms with Crippen molar-refractivity contribution in [3.63, 3.8) is 0 Å². The molecule has 7 nitrogen and oxygen atoms in total. The van der Waals surface area contributed by atoms with Gasteiger partial charge in [-0.15, -0.1) is 11.8 Å². The summed E-state index contributed by atoms with van der Waals surface area (Å²) >= 11 is 1.28. The number of aliphatic hydroxyl groups is 1. The number of carboxylic acids is 1. The Balaban J connectivity index is 1.70. The Bertz CT molecular complexity index is 717. The molecule has 0 radical (unpaired) electrons. The van der Waals surface area contributed by atoms with E-state index in [4.69, 9.17) is 4.74 Å². The van der Waals surface area contributed by atoms with Gasteiger partial charge in [-0.25, -0.2) is 4.79 Å². The van der Waals surface area contributed by atoms with Gasteiger partial charge in [0.25, 0.3) is 0 Å². The number of carboxylic acid groups (broad SMARTS) is 1. The van der Waals surface area contributed by atoms with Crippen LogP contribution >= 0.6 is 11.8 Å². The highest BCUT2D eigenvalue weighted by Crippen LogP contribution is 2.44. The summed E-state index contributed by atoms with van der Waals surface area (Å²) < 4.78 is 5.37. The van der Waals surface area contributed by atoms with Crippen molar-refractivity contribution in [3.05, 3.63) is 41.6 Å². The van der Waals surface area contributed by atoms with Crippen LogP contribution in [0.5, 0.6) is 5.75 Å². The number of aliphatic carboxylic acids is 1. The molecule has 0 aromatic heterocycles. The molecule has 1 aromatic carbocycles. The van der Waals surface area contributed by atoms with Crippen molar-refractivity contribution < 1.29 is 29.3 Å². The molecule has 0 saturated carbocycles. The summed E-state index contributed by atoms with van der Waals surface area (Å²) in [5.41, 5.74) is 0.0720. The largest absolute Gasteiger partial charge is 0.486 e. The first-order valence-corrected chi connectivity index (χ1v) is 8.31. The van der Waals surface area contributed by atoms with Gasteiger partial charge in [-0.05, 0) is 17.7 Å². The zero-order valence-corrected chi connectivity index (χ0v) is 13.4. The van der Waals surface area contributed by atoms with Gasteiger partial charge in [-0.2, -0.15) is 0 Å². The number of ketones is 1. The van der Waals surface area contributed by atoms with Crippen LogP contribution in [-0.2, 0) is 14.4 Å². The van der Waals surface area contributed by atoms with E-state index in [0.29, 0.717) is 5.75 Å². The number of Topliss-reactive ketones (excluding diaryl/α,β-unsaturated/α-hetero) is 1. The molecule has 1 aromatic rings. The van der Waals surface area contributed by atoms with Crippen molar-refractivity contribution in [2.24, 2.45) is 5.92 Å². The van der Waals surface area contributed by atoms with E-state index in [2.05, 4.69) is 0 Å². The second-order valence-electron chi connectivity index (χ2n) is 5.37. The van der Waals surface area contributed by atoms with Crippen molar-refractivity contribution in [1.82, 2.24) is 4.90 Å². The Hall–Kier alpha value is -2.32. The van der Waals surface area contributed by atoms with Crippen LogP contribution in [0, 0.1) is 5.92 Å². The van der Waals surface area contributed by atoms with E-state index in [9.17, 15) is 24.6 Å². The predicted octanol–water partition coefficient (Wildman–Crippen LogP) is 0.497. The highest BCUT2D eigenvalue weighted by Gasteiger charge is 2.56. The molecule has 0 spiro atoms. The van der Waals surface area contributed by atoms with Crippen molar-refractivity contribution in [2.45, 2.75) is 5.37 Å². The number of ether oxygens (including phenoxy) is 1. The number of benzene rings is 1. The lowest BCUT2D eigenvalue weighted by Crippen LogP contribution is -2.64. The first-order chi connectivity index (χ1) is 11.5. The maximum absolute atomic E-state index is 12.3. The lowest BCUT2D eigenvalue weighted by Gasteiger charge is -2.48. The monoisotopic (exact) mass is 349 g/mol. The average Bonchev–Trinajstić information content (AvgIpc) is 2.59. The van der Waals surface area contributed by atoms with E-state index in [1.807, 2.05) is 6.07 Å². The van der Waals surface area contributed by atoms with Gasteiger partial charge in [0.15, 0.2) is 5.78 Å². The summed E-state index contributed by atoms with van der Waals surface area (Å²) in [6.45, 7) is -0.675. The van der Waals surface area contributed by atoms with Gasteiger partial charge in [0.1, 0.15) is 29.3 Å². The summed E-state index contributed by atoms with van der Waals surface area (Å²) in [6.07, 6.45) is 0. The minimum atomic E-state index is -1.27. The summed E-state index contributed by atoms with van der Waals surface area (Å²) in [5, 5.41) is 18.0. The number of hydrogen-bond donors (Lipinski definition) is 2. The SMILES string of the molecule is O=C(O)C1=C(CO)CS[C@@H]2C(C(=O)COc3ccccc3)C(=O)N12. The Labute approximate surface area is 141 Å². The van der Waals surface area contributed by atoms with Crippen LogP contribution in [0.15, 0.2) is 41.6 Å². The standard InChI is InChI=1S/C16H15NO6S/c18-6-9-8-24-15-12(14(20)17(15)13(9)16(21)22)11(19)7-23-10-4-2-1-3-5-10/h1-5,12,15,18H,6-8H2,(H,21,22)/t12?,15-/m1/s1. The molecule has 1 unspecified atom stereocenters. The van der Waals surface area contributed by atoms with Crippen LogP contribution in [0.2, 0.25) is 0 Å². The molecule has 8 heteroatoms. The molecule has 3 rings (SSSR count). The number of para-hydroxylation sites is 1. The molecule has 2 atom stereocenters. The van der Waals surface area contributed by atoms with Gasteiger partial charge >= 0.3 is 5.97 Å². The van der Waals surface area contributed by atoms with Crippen molar-refractivity contribution in [2.75, 3.05) is 19.0 Å². The molecule has 126 valence electrons. The van der Waals surface area contributed by atoms with E-state index < -0.39 is 29.8 Å². The number of carbonyl (C=O) groups is 3. The molecule has 2 aliphatic rings. The molecule has 0 aliphatic carbocycles. The smallest absolute Gasteiger partial charge is 0.352 e. The third-order valence-electron chi connectivity index (χ3n) is 3.91. The van der Waals surface area contributed by atoms with Gasteiger partial charge in [-0.1, -0.05) is 18.2 Å². The van der Waals surface area contributed by atoms with Gasteiger partial charge in [0.05, 0.1) is 6.61 Å². The van der Waals surface area contributed by atoms with E-state index in [0.717, 1.165) is 4.90 Å². The fraction of sp³-hybridized carbons (Fsp3) is 0.312. The number of amides is 1.